The standard InChI is InChI=1S/C14H14O3S/c1-9-6-10(16-2)4-5-12(9)14(15)13-7-11(17-3)8-18-13/h4-8H,1-3H3. The average molecular weight is 262 g/mol. The van der Waals surface area contributed by atoms with Crippen LogP contribution >= 0.6 is 11.3 Å². The highest BCUT2D eigenvalue weighted by Gasteiger charge is 2.14. The van der Waals surface area contributed by atoms with Gasteiger partial charge in [0.1, 0.15) is 11.5 Å². The summed E-state index contributed by atoms with van der Waals surface area (Å²) in [6.45, 7) is 1.90. The normalized spacial score (nSPS) is 10.2. The number of carbonyl (C=O) groups is 1. The molecule has 0 fully saturated rings. The smallest absolute Gasteiger partial charge is 0.203 e. The largest absolute Gasteiger partial charge is 0.497 e. The molecule has 1 aromatic carbocycles. The van der Waals surface area contributed by atoms with Crippen molar-refractivity contribution in [1.82, 2.24) is 0 Å². The number of hydrogen-bond acceptors (Lipinski definition) is 4. The van der Waals surface area contributed by atoms with E-state index in [1.54, 1.807) is 32.4 Å². The van der Waals surface area contributed by atoms with Crippen LogP contribution in [0.25, 0.3) is 0 Å². The monoisotopic (exact) mass is 262 g/mol. The maximum Gasteiger partial charge on any atom is 0.203 e. The van der Waals surface area contributed by atoms with E-state index in [2.05, 4.69) is 0 Å². The first-order chi connectivity index (χ1) is 8.65. The van der Waals surface area contributed by atoms with Crippen LogP contribution in [0.1, 0.15) is 20.8 Å². The van der Waals surface area contributed by atoms with Crippen LogP contribution in [0.3, 0.4) is 0 Å². The molecule has 0 aliphatic rings. The lowest BCUT2D eigenvalue weighted by molar-refractivity contribution is 0.104. The number of aryl methyl sites for hydroxylation is 1. The SMILES string of the molecule is COc1csc(C(=O)c2ccc(OC)cc2C)c1. The molecule has 0 N–H and O–H groups in total. The third-order valence-corrected chi connectivity index (χ3v) is 3.62. The number of ether oxygens (including phenoxy) is 2. The lowest BCUT2D eigenvalue weighted by Crippen LogP contribution is -2.01. The van der Waals surface area contributed by atoms with Crippen molar-refractivity contribution >= 4 is 17.1 Å². The number of methoxy groups -OCH3 is 2. The first kappa shape index (κ1) is 12.6. The predicted molar refractivity (Wildman–Crippen MR) is 72.0 cm³/mol. The number of hydrogen-bond donors (Lipinski definition) is 0. The summed E-state index contributed by atoms with van der Waals surface area (Å²) in [6, 6.07) is 7.21. The Morgan fingerprint density at radius 2 is 1.83 bits per heavy atom. The quantitative estimate of drug-likeness (QED) is 0.793. The molecular weight excluding hydrogens is 248 g/mol. The van der Waals surface area contributed by atoms with Crippen LogP contribution in [0.2, 0.25) is 0 Å². The summed E-state index contributed by atoms with van der Waals surface area (Å²) in [4.78, 5) is 13.0. The molecule has 18 heavy (non-hydrogen) atoms. The molecule has 0 amide bonds. The van der Waals surface area contributed by atoms with Gasteiger partial charge in [-0.2, -0.15) is 0 Å². The summed E-state index contributed by atoms with van der Waals surface area (Å²) < 4.78 is 10.2. The van der Waals surface area contributed by atoms with E-state index in [4.69, 9.17) is 9.47 Å². The van der Waals surface area contributed by atoms with Crippen molar-refractivity contribution in [3.05, 3.63) is 45.6 Å². The highest BCUT2D eigenvalue weighted by atomic mass is 32.1. The first-order valence-electron chi connectivity index (χ1n) is 5.47. The van der Waals surface area contributed by atoms with Gasteiger partial charge in [0.05, 0.1) is 19.1 Å². The Hall–Kier alpha value is -1.81. The second-order valence-electron chi connectivity index (χ2n) is 3.86. The molecule has 1 heterocycles. The van der Waals surface area contributed by atoms with Crippen molar-refractivity contribution in [3.8, 4) is 11.5 Å². The van der Waals surface area contributed by atoms with E-state index in [1.807, 2.05) is 18.4 Å². The predicted octanol–water partition coefficient (Wildman–Crippen LogP) is 3.30. The Balaban J connectivity index is 2.33. The van der Waals surface area contributed by atoms with Crippen LogP contribution in [0.4, 0.5) is 0 Å². The minimum absolute atomic E-state index is 0.0171. The molecule has 0 aliphatic carbocycles. The van der Waals surface area contributed by atoms with Crippen molar-refractivity contribution in [2.24, 2.45) is 0 Å². The van der Waals surface area contributed by atoms with Crippen LogP contribution in [-0.4, -0.2) is 20.0 Å². The molecule has 2 aromatic rings. The van der Waals surface area contributed by atoms with Crippen molar-refractivity contribution in [2.45, 2.75) is 6.92 Å². The summed E-state index contributed by atoms with van der Waals surface area (Å²) in [6.07, 6.45) is 0. The van der Waals surface area contributed by atoms with Crippen LogP contribution in [0, 0.1) is 6.92 Å². The number of benzene rings is 1. The Labute approximate surface area is 110 Å². The molecule has 0 radical (unpaired) electrons. The van der Waals surface area contributed by atoms with Gasteiger partial charge in [-0.1, -0.05) is 0 Å². The zero-order valence-electron chi connectivity index (χ0n) is 10.5. The van der Waals surface area contributed by atoms with Gasteiger partial charge in [-0.05, 0) is 30.7 Å². The molecule has 0 unspecified atom stereocenters. The van der Waals surface area contributed by atoms with Crippen LogP contribution < -0.4 is 9.47 Å². The van der Waals surface area contributed by atoms with E-state index >= 15 is 0 Å². The zero-order valence-corrected chi connectivity index (χ0v) is 11.3. The van der Waals surface area contributed by atoms with Gasteiger partial charge in [-0.15, -0.1) is 11.3 Å². The van der Waals surface area contributed by atoms with Crippen LogP contribution in [0.5, 0.6) is 11.5 Å². The highest BCUT2D eigenvalue weighted by Crippen LogP contribution is 2.26. The minimum Gasteiger partial charge on any atom is -0.497 e. The zero-order chi connectivity index (χ0) is 13.1. The Bertz CT molecular complexity index is 572. The molecule has 94 valence electrons. The summed E-state index contributed by atoms with van der Waals surface area (Å²) in [5, 5.41) is 1.83. The molecule has 4 heteroatoms. The molecule has 0 saturated heterocycles. The third-order valence-electron chi connectivity index (χ3n) is 2.71. The molecule has 0 saturated carbocycles. The summed E-state index contributed by atoms with van der Waals surface area (Å²) >= 11 is 1.39. The number of ketones is 1. The third kappa shape index (κ3) is 2.38. The van der Waals surface area contributed by atoms with Crippen molar-refractivity contribution in [1.29, 1.82) is 0 Å². The topological polar surface area (TPSA) is 35.5 Å². The van der Waals surface area contributed by atoms with E-state index in [9.17, 15) is 4.79 Å². The molecule has 0 bridgehead atoms. The molecule has 0 spiro atoms. The lowest BCUT2D eigenvalue weighted by atomic mass is 10.0. The second-order valence-corrected chi connectivity index (χ2v) is 4.77. The maximum atomic E-state index is 12.3. The van der Waals surface area contributed by atoms with Gasteiger partial charge < -0.3 is 9.47 Å². The Morgan fingerprint density at radius 1 is 1.11 bits per heavy atom. The average Bonchev–Trinajstić information content (AvgIpc) is 2.86. The van der Waals surface area contributed by atoms with E-state index in [0.717, 1.165) is 17.1 Å². The van der Waals surface area contributed by atoms with E-state index in [1.165, 1.54) is 11.3 Å². The highest BCUT2D eigenvalue weighted by molar-refractivity contribution is 7.12. The van der Waals surface area contributed by atoms with Gasteiger partial charge >= 0.3 is 0 Å². The minimum atomic E-state index is 0.0171. The van der Waals surface area contributed by atoms with E-state index in [-0.39, 0.29) is 5.78 Å². The molecule has 3 nitrogen and oxygen atoms in total. The number of rotatable bonds is 4. The maximum absolute atomic E-state index is 12.3. The fourth-order valence-corrected chi connectivity index (χ4v) is 2.50. The van der Waals surface area contributed by atoms with Crippen molar-refractivity contribution in [2.75, 3.05) is 14.2 Å². The number of carbonyl (C=O) groups excluding carboxylic acids is 1. The van der Waals surface area contributed by atoms with Gasteiger partial charge in [0.2, 0.25) is 5.78 Å². The molecule has 0 aliphatic heterocycles. The van der Waals surface area contributed by atoms with Gasteiger partial charge in [0.15, 0.2) is 0 Å². The molecule has 2 rings (SSSR count). The van der Waals surface area contributed by atoms with Gasteiger partial charge in [0.25, 0.3) is 0 Å². The lowest BCUT2D eigenvalue weighted by Gasteiger charge is -2.06. The first-order valence-corrected chi connectivity index (χ1v) is 6.35. The van der Waals surface area contributed by atoms with E-state index in [0.29, 0.717) is 10.4 Å². The summed E-state index contributed by atoms with van der Waals surface area (Å²) in [5.74, 6) is 1.49. The van der Waals surface area contributed by atoms with Crippen molar-refractivity contribution < 1.29 is 14.3 Å². The fraction of sp³-hybridized carbons (Fsp3) is 0.214. The molecule has 1 aromatic heterocycles. The van der Waals surface area contributed by atoms with Crippen LogP contribution in [0.15, 0.2) is 29.6 Å². The van der Waals surface area contributed by atoms with Gasteiger partial charge in [0, 0.05) is 17.0 Å². The summed E-state index contributed by atoms with van der Waals surface area (Å²) in [5.41, 5.74) is 1.60. The summed E-state index contributed by atoms with van der Waals surface area (Å²) in [7, 11) is 3.20. The van der Waals surface area contributed by atoms with Gasteiger partial charge in [-0.25, -0.2) is 0 Å². The molecular formula is C14H14O3S. The number of thiophene rings is 1. The Morgan fingerprint density at radius 3 is 2.39 bits per heavy atom. The van der Waals surface area contributed by atoms with E-state index < -0.39 is 0 Å². The fourth-order valence-electron chi connectivity index (χ4n) is 1.70. The molecule has 0 atom stereocenters. The van der Waals surface area contributed by atoms with Crippen LogP contribution in [-0.2, 0) is 0 Å². The second kappa shape index (κ2) is 5.23. The Kier molecular flexibility index (Phi) is 3.67. The van der Waals surface area contributed by atoms with Gasteiger partial charge in [-0.3, -0.25) is 4.79 Å². The van der Waals surface area contributed by atoms with Crippen molar-refractivity contribution in [3.63, 3.8) is 0 Å².